The van der Waals surface area contributed by atoms with Crippen molar-refractivity contribution in [2.75, 3.05) is 0 Å². The summed E-state index contributed by atoms with van der Waals surface area (Å²) in [6.07, 6.45) is 0.772. The molecule has 0 saturated carbocycles. The van der Waals surface area contributed by atoms with Crippen LogP contribution in [0.1, 0.15) is 40.8 Å². The molecule has 2 N–H and O–H groups in total. The van der Waals surface area contributed by atoms with Crippen molar-refractivity contribution in [1.29, 1.82) is 0 Å². The number of hydrogen-bond acceptors (Lipinski definition) is 6. The molecule has 1 aromatic heterocycles. The molecule has 176 valence electrons. The van der Waals surface area contributed by atoms with E-state index >= 15 is 0 Å². The van der Waals surface area contributed by atoms with Crippen LogP contribution >= 0.6 is 11.3 Å². The first-order valence-corrected chi connectivity index (χ1v) is 12.6. The highest BCUT2D eigenvalue weighted by atomic mass is 32.1. The predicted molar refractivity (Wildman–Crippen MR) is 143 cm³/mol. The Hall–Kier alpha value is -3.82. The van der Waals surface area contributed by atoms with E-state index in [9.17, 15) is 0 Å². The van der Waals surface area contributed by atoms with Crippen molar-refractivity contribution in [2.24, 2.45) is 10.4 Å². The van der Waals surface area contributed by atoms with Gasteiger partial charge in [-0.1, -0.05) is 58.8 Å². The Morgan fingerprint density at radius 3 is 2.51 bits per heavy atom. The smallest absolute Gasteiger partial charge is 0.133 e. The second-order valence-corrected chi connectivity index (χ2v) is 9.99. The first-order chi connectivity index (χ1) is 17.1. The number of fused-ring (bicyclic) bond motifs is 1. The first kappa shape index (κ1) is 22.9. The maximum atomic E-state index is 6.16. The highest BCUT2D eigenvalue weighted by Gasteiger charge is 2.18. The fraction of sp³-hybridized carbons (Fsp3) is 0.241. The number of benzene rings is 3. The SMILES string of the molecule is CC#C[C@@H](CC1NN=NN1)c1ccc(OCc2ccc3sc(C)c(-c4ccccc4C)c3c2)cc1. The van der Waals surface area contributed by atoms with Gasteiger partial charge in [0.15, 0.2) is 0 Å². The summed E-state index contributed by atoms with van der Waals surface area (Å²) >= 11 is 1.85. The van der Waals surface area contributed by atoms with Gasteiger partial charge in [-0.15, -0.1) is 17.3 Å². The molecule has 1 aliphatic heterocycles. The molecule has 0 unspecified atom stereocenters. The monoisotopic (exact) mass is 480 g/mol. The lowest BCUT2D eigenvalue weighted by molar-refractivity contribution is 0.306. The minimum Gasteiger partial charge on any atom is -0.489 e. The second-order valence-electron chi connectivity index (χ2n) is 8.73. The van der Waals surface area contributed by atoms with Crippen LogP contribution in [0.4, 0.5) is 0 Å². The molecule has 0 fully saturated rings. The fourth-order valence-corrected chi connectivity index (χ4v) is 5.59. The molecular formula is C29H28N4OS. The number of thiophene rings is 1. The van der Waals surface area contributed by atoms with Crippen molar-refractivity contribution in [2.45, 2.75) is 45.9 Å². The van der Waals surface area contributed by atoms with E-state index in [0.717, 1.165) is 23.3 Å². The van der Waals surface area contributed by atoms with Gasteiger partial charge in [0, 0.05) is 32.9 Å². The van der Waals surface area contributed by atoms with Crippen LogP contribution in [0.5, 0.6) is 5.75 Å². The van der Waals surface area contributed by atoms with E-state index in [2.05, 4.69) is 102 Å². The Morgan fingerprint density at radius 1 is 1.00 bits per heavy atom. The second kappa shape index (κ2) is 10.2. The van der Waals surface area contributed by atoms with Gasteiger partial charge in [-0.2, -0.15) is 0 Å². The zero-order chi connectivity index (χ0) is 24.2. The minimum absolute atomic E-state index is 0.00278. The number of ether oxygens (including phenoxy) is 1. The van der Waals surface area contributed by atoms with E-state index in [1.165, 1.54) is 31.7 Å². The van der Waals surface area contributed by atoms with Crippen LogP contribution in [0.15, 0.2) is 77.2 Å². The average molecular weight is 481 g/mol. The summed E-state index contributed by atoms with van der Waals surface area (Å²) in [7, 11) is 0. The Balaban J connectivity index is 1.31. The van der Waals surface area contributed by atoms with Gasteiger partial charge in [-0.3, -0.25) is 10.9 Å². The summed E-state index contributed by atoms with van der Waals surface area (Å²) in [5, 5.41) is 8.86. The van der Waals surface area contributed by atoms with Gasteiger partial charge in [0.1, 0.15) is 18.5 Å². The normalized spacial score (nSPS) is 13.7. The van der Waals surface area contributed by atoms with Gasteiger partial charge in [0.05, 0.1) is 0 Å². The first-order valence-electron chi connectivity index (χ1n) is 11.8. The van der Waals surface area contributed by atoms with E-state index in [4.69, 9.17) is 4.74 Å². The molecular weight excluding hydrogens is 452 g/mol. The number of aryl methyl sites for hydroxylation is 2. The lowest BCUT2D eigenvalue weighted by Crippen LogP contribution is -2.32. The quantitative estimate of drug-likeness (QED) is 0.278. The summed E-state index contributed by atoms with van der Waals surface area (Å²) in [5.41, 5.74) is 12.2. The molecule has 35 heavy (non-hydrogen) atoms. The maximum Gasteiger partial charge on any atom is 0.133 e. The van der Waals surface area contributed by atoms with Crippen molar-refractivity contribution in [1.82, 2.24) is 10.9 Å². The summed E-state index contributed by atoms with van der Waals surface area (Å²) in [5.74, 6) is 7.27. The Kier molecular flexibility index (Phi) is 6.69. The van der Waals surface area contributed by atoms with Crippen LogP contribution in [-0.2, 0) is 6.61 Å². The molecule has 0 radical (unpaired) electrons. The molecule has 4 aromatic rings. The molecule has 0 saturated heterocycles. The van der Waals surface area contributed by atoms with Crippen molar-refractivity contribution in [3.63, 3.8) is 0 Å². The van der Waals surface area contributed by atoms with Crippen molar-refractivity contribution in [3.8, 4) is 28.7 Å². The van der Waals surface area contributed by atoms with Crippen LogP contribution in [-0.4, -0.2) is 6.17 Å². The van der Waals surface area contributed by atoms with Gasteiger partial charge < -0.3 is 4.74 Å². The summed E-state index contributed by atoms with van der Waals surface area (Å²) in [6, 6.07) is 23.5. The fourth-order valence-electron chi connectivity index (χ4n) is 4.53. The average Bonchev–Trinajstić information content (AvgIpc) is 3.50. The largest absolute Gasteiger partial charge is 0.489 e. The van der Waals surface area contributed by atoms with Crippen LogP contribution in [0.2, 0.25) is 0 Å². The predicted octanol–water partition coefficient (Wildman–Crippen LogP) is 7.06. The number of nitrogens with zero attached hydrogens (tertiary/aromatic N) is 2. The number of rotatable bonds is 7. The number of hydrogen-bond donors (Lipinski definition) is 2. The van der Waals surface area contributed by atoms with Crippen LogP contribution in [0.3, 0.4) is 0 Å². The molecule has 5 rings (SSSR count). The third kappa shape index (κ3) is 5.01. The topological polar surface area (TPSA) is 58.0 Å². The lowest BCUT2D eigenvalue weighted by atomic mass is 9.95. The highest BCUT2D eigenvalue weighted by Crippen LogP contribution is 2.40. The number of nitrogens with one attached hydrogen (secondary N) is 2. The molecule has 0 bridgehead atoms. The molecule has 6 heteroatoms. The summed E-state index contributed by atoms with van der Waals surface area (Å²) < 4.78 is 7.47. The van der Waals surface area contributed by atoms with Crippen molar-refractivity contribution in [3.05, 3.63) is 88.3 Å². The molecule has 3 aromatic carbocycles. The van der Waals surface area contributed by atoms with Crippen molar-refractivity contribution >= 4 is 21.4 Å². The Morgan fingerprint density at radius 2 is 1.77 bits per heavy atom. The van der Waals surface area contributed by atoms with Gasteiger partial charge in [0.2, 0.25) is 0 Å². The molecule has 0 spiro atoms. The summed E-state index contributed by atoms with van der Waals surface area (Å²) in [6.45, 7) is 6.78. The van der Waals surface area contributed by atoms with Gasteiger partial charge in [-0.05, 0) is 67.3 Å². The molecule has 1 atom stereocenters. The van der Waals surface area contributed by atoms with E-state index in [0.29, 0.717) is 6.61 Å². The Labute approximate surface area is 210 Å². The van der Waals surface area contributed by atoms with E-state index in [1.807, 2.05) is 30.4 Å². The maximum absolute atomic E-state index is 6.16. The molecule has 2 heterocycles. The Bertz CT molecular complexity index is 1420. The summed E-state index contributed by atoms with van der Waals surface area (Å²) in [4.78, 5) is 1.35. The molecule has 0 aliphatic carbocycles. The third-order valence-corrected chi connectivity index (χ3v) is 7.38. The molecule has 1 aliphatic rings. The van der Waals surface area contributed by atoms with E-state index < -0.39 is 0 Å². The zero-order valence-electron chi connectivity index (χ0n) is 20.1. The highest BCUT2D eigenvalue weighted by molar-refractivity contribution is 7.19. The van der Waals surface area contributed by atoms with E-state index in [1.54, 1.807) is 0 Å². The zero-order valence-corrected chi connectivity index (χ0v) is 20.9. The van der Waals surface area contributed by atoms with Gasteiger partial charge >= 0.3 is 0 Å². The van der Waals surface area contributed by atoms with Crippen LogP contribution < -0.4 is 15.6 Å². The van der Waals surface area contributed by atoms with Crippen LogP contribution in [0.25, 0.3) is 21.2 Å². The van der Waals surface area contributed by atoms with Gasteiger partial charge in [-0.25, -0.2) is 0 Å². The minimum atomic E-state index is -0.00278. The van der Waals surface area contributed by atoms with Crippen molar-refractivity contribution < 1.29 is 4.74 Å². The third-order valence-electron chi connectivity index (χ3n) is 6.30. The molecule has 5 nitrogen and oxygen atoms in total. The molecule has 0 amide bonds. The lowest BCUT2D eigenvalue weighted by Gasteiger charge is -2.16. The van der Waals surface area contributed by atoms with E-state index in [-0.39, 0.29) is 12.1 Å². The van der Waals surface area contributed by atoms with Gasteiger partial charge in [0.25, 0.3) is 0 Å². The van der Waals surface area contributed by atoms with Crippen LogP contribution in [0, 0.1) is 25.7 Å². The standard InChI is InChI=1S/C29H28N4OS/c1-4-7-23(17-28-30-32-33-31-28)22-11-13-24(14-12-22)34-18-21-10-15-27-26(16-21)29(20(3)35-27)25-9-6-5-8-19(25)2/h5-6,8-16,23,28H,17-18H2,1-3H3,(H,30,33)(H,31,32)/t23-/m0/s1.